The molecular weight excluding hydrogens is 224 g/mol. The van der Waals surface area contributed by atoms with E-state index in [2.05, 4.69) is 12.0 Å². The number of nitriles is 1. The molecule has 1 aliphatic heterocycles. The van der Waals surface area contributed by atoms with Crippen LogP contribution in [0.1, 0.15) is 28.8 Å². The van der Waals surface area contributed by atoms with Gasteiger partial charge in [-0.3, -0.25) is 4.79 Å². The highest BCUT2D eigenvalue weighted by Gasteiger charge is 2.23. The molecule has 0 aromatic heterocycles. The first kappa shape index (κ1) is 12.2. The van der Waals surface area contributed by atoms with Crippen molar-refractivity contribution in [2.75, 3.05) is 13.1 Å². The summed E-state index contributed by atoms with van der Waals surface area (Å²) >= 11 is 0. The Morgan fingerprint density at radius 1 is 1.28 bits per heavy atom. The average molecular weight is 238 g/mol. The van der Waals surface area contributed by atoms with E-state index in [0.29, 0.717) is 18.7 Å². The lowest BCUT2D eigenvalue weighted by atomic mass is 9.98. The minimum absolute atomic E-state index is 0.0231. The molecule has 0 radical (unpaired) electrons. The van der Waals surface area contributed by atoms with Crippen molar-refractivity contribution < 1.29 is 4.79 Å². The zero-order valence-electron chi connectivity index (χ0n) is 10.1. The van der Waals surface area contributed by atoms with E-state index >= 15 is 0 Å². The zero-order chi connectivity index (χ0) is 13.0. The molecule has 90 valence electrons. The zero-order valence-corrected chi connectivity index (χ0v) is 10.1. The van der Waals surface area contributed by atoms with Crippen molar-refractivity contribution in [3.8, 4) is 18.4 Å². The van der Waals surface area contributed by atoms with Crippen LogP contribution in [0.15, 0.2) is 24.3 Å². The standard InChI is InChI=1S/C15H14N2O/c1-2-12-3-5-14(6-4-12)15(18)17-9-7-13(11-16)8-10-17/h1,3-6,13H,7-10H2. The molecule has 1 saturated heterocycles. The second-order valence-electron chi connectivity index (χ2n) is 4.42. The fraction of sp³-hybridized carbons (Fsp3) is 0.333. The topological polar surface area (TPSA) is 44.1 Å². The number of amides is 1. The number of benzene rings is 1. The Kier molecular flexibility index (Phi) is 3.65. The quantitative estimate of drug-likeness (QED) is 0.703. The van der Waals surface area contributed by atoms with Crippen LogP contribution >= 0.6 is 0 Å². The van der Waals surface area contributed by atoms with E-state index in [4.69, 9.17) is 11.7 Å². The molecule has 0 N–H and O–H groups in total. The number of piperidine rings is 1. The molecule has 1 aromatic rings. The summed E-state index contributed by atoms with van der Waals surface area (Å²) < 4.78 is 0. The van der Waals surface area contributed by atoms with Crippen molar-refractivity contribution in [1.29, 1.82) is 5.26 Å². The van der Waals surface area contributed by atoms with Gasteiger partial charge < -0.3 is 4.90 Å². The van der Waals surface area contributed by atoms with Crippen LogP contribution in [-0.2, 0) is 0 Å². The van der Waals surface area contributed by atoms with E-state index in [-0.39, 0.29) is 11.8 Å². The van der Waals surface area contributed by atoms with E-state index < -0.39 is 0 Å². The van der Waals surface area contributed by atoms with Crippen molar-refractivity contribution in [1.82, 2.24) is 4.90 Å². The average Bonchev–Trinajstić information content (AvgIpc) is 2.47. The first-order chi connectivity index (χ1) is 8.74. The van der Waals surface area contributed by atoms with Crippen molar-refractivity contribution in [2.45, 2.75) is 12.8 Å². The van der Waals surface area contributed by atoms with Crippen molar-refractivity contribution >= 4 is 5.91 Å². The van der Waals surface area contributed by atoms with Crippen LogP contribution in [0.3, 0.4) is 0 Å². The molecule has 3 nitrogen and oxygen atoms in total. The van der Waals surface area contributed by atoms with Gasteiger partial charge in [0, 0.05) is 30.1 Å². The Hall–Kier alpha value is -2.26. The van der Waals surface area contributed by atoms with Gasteiger partial charge in [0.15, 0.2) is 0 Å². The SMILES string of the molecule is C#Cc1ccc(C(=O)N2CCC(C#N)CC2)cc1. The monoisotopic (exact) mass is 238 g/mol. The Morgan fingerprint density at radius 2 is 1.89 bits per heavy atom. The number of nitrogens with zero attached hydrogens (tertiary/aromatic N) is 2. The number of carbonyl (C=O) groups is 1. The highest BCUT2D eigenvalue weighted by molar-refractivity contribution is 5.94. The molecule has 3 heteroatoms. The Morgan fingerprint density at radius 3 is 2.39 bits per heavy atom. The summed E-state index contributed by atoms with van der Waals surface area (Å²) in [5, 5.41) is 8.82. The molecule has 1 aromatic carbocycles. The molecule has 0 spiro atoms. The van der Waals surface area contributed by atoms with Gasteiger partial charge in [-0.25, -0.2) is 0 Å². The maximum atomic E-state index is 12.2. The van der Waals surface area contributed by atoms with Crippen molar-refractivity contribution in [2.24, 2.45) is 5.92 Å². The Balaban J connectivity index is 2.04. The fourth-order valence-electron chi connectivity index (χ4n) is 2.10. The third-order valence-corrected chi connectivity index (χ3v) is 3.26. The summed E-state index contributed by atoms with van der Waals surface area (Å²) in [6.45, 7) is 1.32. The van der Waals surface area contributed by atoms with Gasteiger partial charge in [0.1, 0.15) is 0 Å². The van der Waals surface area contributed by atoms with Crippen LogP contribution in [0.2, 0.25) is 0 Å². The second-order valence-corrected chi connectivity index (χ2v) is 4.42. The summed E-state index contributed by atoms with van der Waals surface area (Å²) in [6.07, 6.45) is 6.81. The van der Waals surface area contributed by atoms with Gasteiger partial charge in [-0.2, -0.15) is 5.26 Å². The van der Waals surface area contributed by atoms with Crippen LogP contribution in [0.4, 0.5) is 0 Å². The lowest BCUT2D eigenvalue weighted by Gasteiger charge is -2.29. The molecule has 1 heterocycles. The van der Waals surface area contributed by atoms with Gasteiger partial charge in [-0.1, -0.05) is 5.92 Å². The summed E-state index contributed by atoms with van der Waals surface area (Å²) in [6, 6.07) is 9.32. The Labute approximate surface area is 107 Å². The first-order valence-electron chi connectivity index (χ1n) is 6.00. The Bertz CT molecular complexity index is 511. The summed E-state index contributed by atoms with van der Waals surface area (Å²) in [7, 11) is 0. The highest BCUT2D eigenvalue weighted by atomic mass is 16.2. The fourth-order valence-corrected chi connectivity index (χ4v) is 2.10. The summed E-state index contributed by atoms with van der Waals surface area (Å²) in [5.41, 5.74) is 1.43. The molecule has 18 heavy (non-hydrogen) atoms. The molecule has 1 amide bonds. The molecular formula is C15H14N2O. The third kappa shape index (κ3) is 2.52. The van der Waals surface area contributed by atoms with Gasteiger partial charge in [-0.05, 0) is 37.1 Å². The summed E-state index contributed by atoms with van der Waals surface area (Å²) in [4.78, 5) is 14.0. The van der Waals surface area contributed by atoms with Gasteiger partial charge in [0.05, 0.1) is 6.07 Å². The minimum Gasteiger partial charge on any atom is -0.339 e. The molecule has 1 fully saturated rings. The predicted molar refractivity (Wildman–Crippen MR) is 68.6 cm³/mol. The van der Waals surface area contributed by atoms with E-state index in [0.717, 1.165) is 18.4 Å². The third-order valence-electron chi connectivity index (χ3n) is 3.26. The minimum atomic E-state index is 0.0231. The number of rotatable bonds is 1. The lowest BCUT2D eigenvalue weighted by Crippen LogP contribution is -2.38. The van der Waals surface area contributed by atoms with Crippen LogP contribution in [0.25, 0.3) is 0 Å². The molecule has 0 aliphatic carbocycles. The first-order valence-corrected chi connectivity index (χ1v) is 6.00. The van der Waals surface area contributed by atoms with Crippen LogP contribution in [0.5, 0.6) is 0 Å². The van der Waals surface area contributed by atoms with E-state index in [1.165, 1.54) is 0 Å². The normalized spacial score (nSPS) is 15.8. The molecule has 0 bridgehead atoms. The maximum absolute atomic E-state index is 12.2. The second kappa shape index (κ2) is 5.38. The largest absolute Gasteiger partial charge is 0.339 e. The molecule has 2 rings (SSSR count). The number of carbonyl (C=O) groups excluding carboxylic acids is 1. The van der Waals surface area contributed by atoms with E-state index in [1.807, 2.05) is 0 Å². The van der Waals surface area contributed by atoms with Gasteiger partial charge >= 0.3 is 0 Å². The molecule has 0 unspecified atom stereocenters. The van der Waals surface area contributed by atoms with E-state index in [9.17, 15) is 4.79 Å². The summed E-state index contributed by atoms with van der Waals surface area (Å²) in [5.74, 6) is 2.64. The lowest BCUT2D eigenvalue weighted by molar-refractivity contribution is 0.0707. The highest BCUT2D eigenvalue weighted by Crippen LogP contribution is 2.18. The smallest absolute Gasteiger partial charge is 0.253 e. The number of hydrogen-bond acceptors (Lipinski definition) is 2. The van der Waals surface area contributed by atoms with Crippen LogP contribution < -0.4 is 0 Å². The van der Waals surface area contributed by atoms with Gasteiger partial charge in [0.2, 0.25) is 0 Å². The molecule has 0 atom stereocenters. The van der Waals surface area contributed by atoms with Gasteiger partial charge in [0.25, 0.3) is 5.91 Å². The molecule has 0 saturated carbocycles. The number of terminal acetylenes is 1. The maximum Gasteiger partial charge on any atom is 0.253 e. The van der Waals surface area contributed by atoms with Crippen molar-refractivity contribution in [3.63, 3.8) is 0 Å². The number of hydrogen-bond donors (Lipinski definition) is 0. The van der Waals surface area contributed by atoms with Crippen molar-refractivity contribution in [3.05, 3.63) is 35.4 Å². The van der Waals surface area contributed by atoms with Crippen LogP contribution in [0, 0.1) is 29.6 Å². The van der Waals surface area contributed by atoms with Crippen LogP contribution in [-0.4, -0.2) is 23.9 Å². The molecule has 1 aliphatic rings. The van der Waals surface area contributed by atoms with E-state index in [1.54, 1.807) is 29.2 Å². The predicted octanol–water partition coefficient (Wildman–Crippen LogP) is 2.04. The number of likely N-dealkylation sites (tertiary alicyclic amines) is 1. The van der Waals surface area contributed by atoms with Gasteiger partial charge in [-0.15, -0.1) is 6.42 Å².